The van der Waals surface area contributed by atoms with Crippen molar-refractivity contribution in [1.29, 1.82) is 0 Å². The minimum atomic E-state index is -4.69. The van der Waals surface area contributed by atoms with Gasteiger partial charge in [-0.2, -0.15) is 13.2 Å². The lowest BCUT2D eigenvalue weighted by Crippen LogP contribution is -2.38. The summed E-state index contributed by atoms with van der Waals surface area (Å²) in [4.78, 5) is 36.2. The Morgan fingerprint density at radius 1 is 1.12 bits per heavy atom. The molecule has 0 atom stereocenters. The number of benzene rings is 2. The van der Waals surface area contributed by atoms with Crippen LogP contribution in [0.3, 0.4) is 0 Å². The number of nitrogens with zero attached hydrogens (tertiary/aromatic N) is 2. The summed E-state index contributed by atoms with van der Waals surface area (Å²) in [6, 6.07) is 11.6. The third kappa shape index (κ3) is 6.43. The maximum atomic E-state index is 12.9. The maximum Gasteiger partial charge on any atom is 0.416 e. The molecule has 2 aromatic carbocycles. The summed E-state index contributed by atoms with van der Waals surface area (Å²) in [5.74, 6) is -1.49. The van der Waals surface area contributed by atoms with Crippen molar-refractivity contribution in [3.05, 3.63) is 69.8 Å². The maximum absolute atomic E-state index is 12.9. The molecule has 0 aromatic heterocycles. The highest BCUT2D eigenvalue weighted by molar-refractivity contribution is 5.81. The fraction of sp³-hybridized carbons (Fsp3) is 0.364. The molecule has 11 heteroatoms. The van der Waals surface area contributed by atoms with Crippen LogP contribution in [0, 0.1) is 16.0 Å². The second-order valence-electron chi connectivity index (χ2n) is 7.59. The summed E-state index contributed by atoms with van der Waals surface area (Å²) in [6.45, 7) is 0.343. The second kappa shape index (κ2) is 10.3. The Balaban J connectivity index is 1.50. The molecule has 0 aliphatic carbocycles. The molecule has 1 saturated heterocycles. The van der Waals surface area contributed by atoms with Crippen LogP contribution in [-0.4, -0.2) is 36.5 Å². The van der Waals surface area contributed by atoms with E-state index in [1.807, 2.05) is 30.3 Å². The van der Waals surface area contributed by atoms with Crippen LogP contribution in [0.2, 0.25) is 0 Å². The van der Waals surface area contributed by atoms with E-state index in [0.29, 0.717) is 25.5 Å². The second-order valence-corrected chi connectivity index (χ2v) is 7.59. The van der Waals surface area contributed by atoms with Gasteiger partial charge in [0.25, 0.3) is 11.6 Å². The van der Waals surface area contributed by atoms with Gasteiger partial charge in [-0.1, -0.05) is 30.3 Å². The van der Waals surface area contributed by atoms with E-state index in [1.165, 1.54) is 0 Å². The molecule has 3 rings (SSSR count). The number of esters is 1. The Kier molecular flexibility index (Phi) is 7.52. The van der Waals surface area contributed by atoms with Crippen LogP contribution in [0.5, 0.6) is 0 Å². The van der Waals surface area contributed by atoms with Crippen molar-refractivity contribution in [3.63, 3.8) is 0 Å². The summed E-state index contributed by atoms with van der Waals surface area (Å²) in [6.07, 6.45) is -4.10. The van der Waals surface area contributed by atoms with Crippen LogP contribution in [0.25, 0.3) is 0 Å². The molecule has 1 N–H and O–H groups in total. The van der Waals surface area contributed by atoms with Crippen molar-refractivity contribution in [2.75, 3.05) is 24.6 Å². The standard InChI is InChI=1S/C22H22F3N3O5/c23-22(24,25)17-6-7-18(19(12-17)28(31)32)27-10-8-16(9-11-27)21(30)33-14-20(29)26-13-15-4-2-1-3-5-15/h1-7,12,16H,8-11,13-14H2,(H,26,29). The van der Waals surface area contributed by atoms with E-state index in [4.69, 9.17) is 4.74 Å². The first-order chi connectivity index (χ1) is 15.6. The number of carbonyl (C=O) groups is 2. The lowest BCUT2D eigenvalue weighted by Gasteiger charge is -2.32. The van der Waals surface area contributed by atoms with Gasteiger partial charge in [0.2, 0.25) is 0 Å². The summed E-state index contributed by atoms with van der Waals surface area (Å²) < 4.78 is 43.8. The molecule has 0 bridgehead atoms. The average Bonchev–Trinajstić information content (AvgIpc) is 2.81. The monoisotopic (exact) mass is 465 g/mol. The van der Waals surface area contributed by atoms with E-state index < -0.39 is 46.8 Å². The first-order valence-electron chi connectivity index (χ1n) is 10.2. The first kappa shape index (κ1) is 24.0. The van der Waals surface area contributed by atoms with Crippen LogP contribution in [0.4, 0.5) is 24.5 Å². The Morgan fingerprint density at radius 3 is 2.39 bits per heavy atom. The minimum Gasteiger partial charge on any atom is -0.455 e. The molecule has 0 spiro atoms. The predicted molar refractivity (Wildman–Crippen MR) is 112 cm³/mol. The van der Waals surface area contributed by atoms with Gasteiger partial charge in [-0.05, 0) is 30.5 Å². The predicted octanol–water partition coefficient (Wildman–Crippen LogP) is 3.69. The quantitative estimate of drug-likeness (QED) is 0.380. The fourth-order valence-corrected chi connectivity index (χ4v) is 3.57. The van der Waals surface area contributed by atoms with Gasteiger partial charge in [0, 0.05) is 25.7 Å². The number of anilines is 1. The van der Waals surface area contributed by atoms with Crippen LogP contribution < -0.4 is 10.2 Å². The molecule has 1 aliphatic heterocycles. The molecule has 1 amide bonds. The van der Waals surface area contributed by atoms with Crippen molar-refractivity contribution >= 4 is 23.3 Å². The molecule has 0 radical (unpaired) electrons. The lowest BCUT2D eigenvalue weighted by molar-refractivity contribution is -0.384. The highest BCUT2D eigenvalue weighted by Crippen LogP contribution is 2.37. The zero-order valence-electron chi connectivity index (χ0n) is 17.5. The highest BCUT2D eigenvalue weighted by Gasteiger charge is 2.35. The van der Waals surface area contributed by atoms with E-state index in [0.717, 1.165) is 17.7 Å². The smallest absolute Gasteiger partial charge is 0.416 e. The topological polar surface area (TPSA) is 102 Å². The molecule has 1 fully saturated rings. The molecule has 8 nitrogen and oxygen atoms in total. The third-order valence-electron chi connectivity index (χ3n) is 5.35. The van der Waals surface area contributed by atoms with E-state index >= 15 is 0 Å². The highest BCUT2D eigenvalue weighted by atomic mass is 19.4. The van der Waals surface area contributed by atoms with E-state index in [1.54, 1.807) is 4.90 Å². The molecular formula is C22H22F3N3O5. The zero-order chi connectivity index (χ0) is 24.0. The van der Waals surface area contributed by atoms with Crippen LogP contribution in [0.15, 0.2) is 48.5 Å². The van der Waals surface area contributed by atoms with Gasteiger partial charge in [-0.15, -0.1) is 0 Å². The fourth-order valence-electron chi connectivity index (χ4n) is 3.57. The van der Waals surface area contributed by atoms with Gasteiger partial charge < -0.3 is 15.0 Å². The van der Waals surface area contributed by atoms with Gasteiger partial charge in [-0.3, -0.25) is 19.7 Å². The Bertz CT molecular complexity index is 1010. The van der Waals surface area contributed by atoms with Crippen LogP contribution in [-0.2, 0) is 27.0 Å². The van der Waals surface area contributed by atoms with Gasteiger partial charge in [0.05, 0.1) is 16.4 Å². The van der Waals surface area contributed by atoms with E-state index in [2.05, 4.69) is 5.32 Å². The van der Waals surface area contributed by atoms with E-state index in [9.17, 15) is 32.9 Å². The molecule has 2 aromatic rings. The van der Waals surface area contributed by atoms with Crippen LogP contribution >= 0.6 is 0 Å². The summed E-state index contributed by atoms with van der Waals surface area (Å²) in [5, 5.41) is 14.0. The van der Waals surface area contributed by atoms with Gasteiger partial charge in [-0.25, -0.2) is 0 Å². The number of rotatable bonds is 7. The molecule has 1 heterocycles. The molecule has 0 unspecified atom stereocenters. The Labute approximate surface area is 187 Å². The van der Waals surface area contributed by atoms with Gasteiger partial charge in [0.15, 0.2) is 6.61 Å². The molecule has 33 heavy (non-hydrogen) atoms. The Hall–Kier alpha value is -3.63. The number of carbonyl (C=O) groups excluding carboxylic acids is 2. The van der Waals surface area contributed by atoms with Crippen molar-refractivity contribution in [3.8, 4) is 0 Å². The largest absolute Gasteiger partial charge is 0.455 e. The van der Waals surface area contributed by atoms with E-state index in [-0.39, 0.29) is 18.8 Å². The van der Waals surface area contributed by atoms with Gasteiger partial charge >= 0.3 is 12.1 Å². The molecule has 1 aliphatic rings. The molecule has 0 saturated carbocycles. The third-order valence-corrected chi connectivity index (χ3v) is 5.35. The molecule has 176 valence electrons. The number of hydrogen-bond acceptors (Lipinski definition) is 6. The van der Waals surface area contributed by atoms with Crippen molar-refractivity contribution in [2.45, 2.75) is 25.6 Å². The number of halogens is 3. The number of ether oxygens (including phenoxy) is 1. The number of nitro groups is 1. The van der Waals surface area contributed by atoms with Crippen LogP contribution in [0.1, 0.15) is 24.0 Å². The van der Waals surface area contributed by atoms with Crippen molar-refractivity contribution in [1.82, 2.24) is 5.32 Å². The number of piperidine rings is 1. The SMILES string of the molecule is O=C(COC(=O)C1CCN(c2ccc(C(F)(F)F)cc2[N+](=O)[O-])CC1)NCc1ccccc1. The lowest BCUT2D eigenvalue weighted by atomic mass is 9.96. The van der Waals surface area contributed by atoms with Gasteiger partial charge in [0.1, 0.15) is 5.69 Å². The first-order valence-corrected chi connectivity index (χ1v) is 10.2. The summed E-state index contributed by atoms with van der Waals surface area (Å²) in [5.41, 5.74) is -0.759. The number of nitro benzene ring substituents is 1. The van der Waals surface area contributed by atoms with Crippen molar-refractivity contribution < 1.29 is 32.4 Å². The molecular weight excluding hydrogens is 443 g/mol. The summed E-state index contributed by atoms with van der Waals surface area (Å²) in [7, 11) is 0. The summed E-state index contributed by atoms with van der Waals surface area (Å²) >= 11 is 0. The minimum absolute atomic E-state index is 0.0695. The number of alkyl halides is 3. The number of nitrogens with one attached hydrogen (secondary N) is 1. The number of amides is 1. The number of hydrogen-bond donors (Lipinski definition) is 1. The van der Waals surface area contributed by atoms with Crippen molar-refractivity contribution in [2.24, 2.45) is 5.92 Å². The average molecular weight is 465 g/mol. The normalized spacial score (nSPS) is 14.6. The zero-order valence-corrected chi connectivity index (χ0v) is 17.5. The Morgan fingerprint density at radius 2 is 1.79 bits per heavy atom.